The lowest BCUT2D eigenvalue weighted by Gasteiger charge is -2.27. The number of methoxy groups -OCH3 is 2. The minimum Gasteiger partial charge on any atom is -0.495 e. The number of hydrogen-bond acceptors (Lipinski definition) is 7. The van der Waals surface area contributed by atoms with Crippen LogP contribution in [-0.4, -0.2) is 69.4 Å². The zero-order chi connectivity index (χ0) is 26.3. The lowest BCUT2D eigenvalue weighted by Crippen LogP contribution is -2.39. The summed E-state index contributed by atoms with van der Waals surface area (Å²) in [6, 6.07) is 22.0. The number of morpholine rings is 1. The minimum atomic E-state index is -0.0600. The number of hydrogen-bond donors (Lipinski definition) is 0. The highest BCUT2D eigenvalue weighted by molar-refractivity contribution is 7.22. The van der Waals surface area contributed by atoms with Crippen LogP contribution in [0.1, 0.15) is 27.9 Å². The number of nitrogens with zero attached hydrogens (tertiary/aromatic N) is 3. The van der Waals surface area contributed by atoms with Gasteiger partial charge in [0, 0.05) is 31.7 Å². The summed E-state index contributed by atoms with van der Waals surface area (Å²) < 4.78 is 17.5. The smallest absolute Gasteiger partial charge is 0.260 e. The van der Waals surface area contributed by atoms with Crippen LogP contribution in [0.5, 0.6) is 11.5 Å². The van der Waals surface area contributed by atoms with Crippen LogP contribution >= 0.6 is 11.3 Å². The monoisotopic (exact) mass is 531 g/mol. The van der Waals surface area contributed by atoms with E-state index in [1.165, 1.54) is 22.5 Å². The van der Waals surface area contributed by atoms with Gasteiger partial charge in [0.25, 0.3) is 5.91 Å². The van der Waals surface area contributed by atoms with Gasteiger partial charge in [-0.2, -0.15) is 0 Å². The van der Waals surface area contributed by atoms with Crippen molar-refractivity contribution in [3.8, 4) is 11.5 Å². The van der Waals surface area contributed by atoms with Gasteiger partial charge in [-0.15, -0.1) is 0 Å². The maximum atomic E-state index is 13.9. The standard InChI is InChI=1S/C30H33N3O4S/c1-35-25-13-14-26(36-2)28-27(25)31-30(38-28)33(16-6-15-32-17-19-37-20-18-32)29(34)24-11-9-23(10-12-24)21-22-7-4-3-5-8-22/h3-5,7-14H,6,15-21H2,1-2H3. The van der Waals surface area contributed by atoms with E-state index in [9.17, 15) is 4.79 Å². The minimum absolute atomic E-state index is 0.0600. The number of benzene rings is 3. The molecule has 1 aromatic heterocycles. The third kappa shape index (κ3) is 5.99. The zero-order valence-corrected chi connectivity index (χ0v) is 22.7. The third-order valence-corrected chi connectivity index (χ3v) is 7.88. The van der Waals surface area contributed by atoms with Crippen molar-refractivity contribution in [2.24, 2.45) is 0 Å². The first-order valence-electron chi connectivity index (χ1n) is 12.9. The van der Waals surface area contributed by atoms with Crippen molar-refractivity contribution in [2.75, 3.05) is 58.5 Å². The van der Waals surface area contributed by atoms with Crippen molar-refractivity contribution in [3.05, 3.63) is 83.4 Å². The largest absolute Gasteiger partial charge is 0.495 e. The van der Waals surface area contributed by atoms with Crippen LogP contribution in [0.15, 0.2) is 66.7 Å². The number of thiazole rings is 1. The molecule has 2 heterocycles. The van der Waals surface area contributed by atoms with Gasteiger partial charge in [-0.1, -0.05) is 53.8 Å². The molecule has 0 unspecified atom stereocenters. The van der Waals surface area contributed by atoms with Crippen molar-refractivity contribution < 1.29 is 19.0 Å². The highest BCUT2D eigenvalue weighted by Gasteiger charge is 2.24. The fourth-order valence-corrected chi connectivity index (χ4v) is 5.80. The number of aromatic nitrogens is 1. The maximum Gasteiger partial charge on any atom is 0.260 e. The van der Waals surface area contributed by atoms with E-state index in [0.717, 1.165) is 56.1 Å². The average molecular weight is 532 g/mol. The lowest BCUT2D eigenvalue weighted by atomic mass is 10.0. The number of ether oxygens (including phenoxy) is 3. The molecule has 8 heteroatoms. The summed E-state index contributed by atoms with van der Waals surface area (Å²) in [7, 11) is 3.27. The van der Waals surface area contributed by atoms with Gasteiger partial charge >= 0.3 is 0 Å². The molecule has 0 saturated carbocycles. The molecule has 0 N–H and O–H groups in total. The molecular weight excluding hydrogens is 498 g/mol. The molecule has 7 nitrogen and oxygen atoms in total. The summed E-state index contributed by atoms with van der Waals surface area (Å²) in [4.78, 5) is 22.9. The molecule has 0 atom stereocenters. The molecule has 1 saturated heterocycles. The Morgan fingerprint density at radius 1 is 0.947 bits per heavy atom. The van der Waals surface area contributed by atoms with E-state index in [-0.39, 0.29) is 5.91 Å². The Morgan fingerprint density at radius 2 is 1.63 bits per heavy atom. The molecule has 1 fully saturated rings. The summed E-state index contributed by atoms with van der Waals surface area (Å²) in [6.45, 7) is 4.83. The first-order valence-corrected chi connectivity index (χ1v) is 13.7. The molecule has 0 spiro atoms. The zero-order valence-electron chi connectivity index (χ0n) is 21.9. The quantitative estimate of drug-likeness (QED) is 0.278. The Morgan fingerprint density at radius 3 is 2.34 bits per heavy atom. The number of carbonyl (C=O) groups is 1. The Kier molecular flexibility index (Phi) is 8.53. The molecule has 0 bridgehead atoms. The summed E-state index contributed by atoms with van der Waals surface area (Å²) in [5.74, 6) is 1.32. The van der Waals surface area contributed by atoms with Gasteiger partial charge < -0.3 is 14.2 Å². The molecule has 1 aliphatic heterocycles. The lowest BCUT2D eigenvalue weighted by molar-refractivity contribution is 0.0376. The van der Waals surface area contributed by atoms with Crippen molar-refractivity contribution in [3.63, 3.8) is 0 Å². The predicted molar refractivity (Wildman–Crippen MR) is 152 cm³/mol. The van der Waals surface area contributed by atoms with Gasteiger partial charge in [0.15, 0.2) is 5.13 Å². The van der Waals surface area contributed by atoms with Crippen LogP contribution < -0.4 is 14.4 Å². The molecule has 198 valence electrons. The number of carbonyl (C=O) groups excluding carboxylic acids is 1. The van der Waals surface area contributed by atoms with Crippen LogP contribution in [0.4, 0.5) is 5.13 Å². The second kappa shape index (κ2) is 12.4. The molecule has 4 aromatic rings. The van der Waals surface area contributed by atoms with E-state index in [2.05, 4.69) is 17.0 Å². The first kappa shape index (κ1) is 26.2. The van der Waals surface area contributed by atoms with Crippen LogP contribution in [0.25, 0.3) is 10.2 Å². The molecule has 38 heavy (non-hydrogen) atoms. The summed E-state index contributed by atoms with van der Waals surface area (Å²) in [5.41, 5.74) is 3.76. The second-order valence-electron chi connectivity index (χ2n) is 9.27. The topological polar surface area (TPSA) is 64.1 Å². The van der Waals surface area contributed by atoms with E-state index < -0.39 is 0 Å². The van der Waals surface area contributed by atoms with Crippen molar-refractivity contribution in [1.82, 2.24) is 9.88 Å². The Balaban J connectivity index is 1.40. The summed E-state index contributed by atoms with van der Waals surface area (Å²) >= 11 is 1.46. The highest BCUT2D eigenvalue weighted by Crippen LogP contribution is 2.40. The second-order valence-corrected chi connectivity index (χ2v) is 10.2. The predicted octanol–water partition coefficient (Wildman–Crippen LogP) is 5.27. The Hall–Kier alpha value is -3.46. The van der Waals surface area contributed by atoms with E-state index in [1.807, 2.05) is 54.6 Å². The fourth-order valence-electron chi connectivity index (χ4n) is 4.70. The van der Waals surface area contributed by atoms with Gasteiger partial charge in [-0.3, -0.25) is 14.6 Å². The molecule has 0 radical (unpaired) electrons. The molecule has 3 aromatic carbocycles. The molecule has 5 rings (SSSR count). The van der Waals surface area contributed by atoms with Gasteiger partial charge in [0.05, 0.1) is 27.4 Å². The normalized spacial score (nSPS) is 13.9. The van der Waals surface area contributed by atoms with Crippen LogP contribution in [0.2, 0.25) is 0 Å². The highest BCUT2D eigenvalue weighted by atomic mass is 32.1. The fraction of sp³-hybridized carbons (Fsp3) is 0.333. The summed E-state index contributed by atoms with van der Waals surface area (Å²) in [5, 5.41) is 0.642. The van der Waals surface area contributed by atoms with Crippen molar-refractivity contribution >= 4 is 32.6 Å². The van der Waals surface area contributed by atoms with Crippen molar-refractivity contribution in [2.45, 2.75) is 12.8 Å². The van der Waals surface area contributed by atoms with Gasteiger partial charge in [0.2, 0.25) is 0 Å². The van der Waals surface area contributed by atoms with Crippen LogP contribution in [0, 0.1) is 0 Å². The maximum absolute atomic E-state index is 13.9. The number of anilines is 1. The molecule has 1 amide bonds. The van der Waals surface area contributed by atoms with Gasteiger partial charge in [-0.25, -0.2) is 4.98 Å². The van der Waals surface area contributed by atoms with E-state index in [0.29, 0.717) is 28.5 Å². The van der Waals surface area contributed by atoms with E-state index in [1.54, 1.807) is 19.1 Å². The number of amides is 1. The average Bonchev–Trinajstić information content (AvgIpc) is 3.41. The first-order chi connectivity index (χ1) is 18.7. The third-order valence-electron chi connectivity index (χ3n) is 6.79. The van der Waals surface area contributed by atoms with Crippen LogP contribution in [-0.2, 0) is 11.2 Å². The van der Waals surface area contributed by atoms with Gasteiger partial charge in [-0.05, 0) is 48.2 Å². The number of rotatable bonds is 10. The molecule has 0 aliphatic carbocycles. The Labute approximate surface area is 227 Å². The van der Waals surface area contributed by atoms with Gasteiger partial charge in [0.1, 0.15) is 21.7 Å². The van der Waals surface area contributed by atoms with Crippen molar-refractivity contribution in [1.29, 1.82) is 0 Å². The SMILES string of the molecule is COc1ccc(OC)c2sc(N(CCCN3CCOCC3)C(=O)c3ccc(Cc4ccccc4)cc3)nc12. The van der Waals surface area contributed by atoms with Crippen LogP contribution in [0.3, 0.4) is 0 Å². The van der Waals surface area contributed by atoms with E-state index >= 15 is 0 Å². The van der Waals surface area contributed by atoms with E-state index in [4.69, 9.17) is 19.2 Å². The molecule has 1 aliphatic rings. The Bertz CT molecular complexity index is 1310. The summed E-state index contributed by atoms with van der Waals surface area (Å²) in [6.07, 6.45) is 1.66. The number of fused-ring (bicyclic) bond motifs is 1. The molecular formula is C30H33N3O4S.